The number of nitrogens with zero attached hydrogens (tertiary/aromatic N) is 2. The number of nitro groups is 1. The van der Waals surface area contributed by atoms with E-state index in [1.807, 2.05) is 13.8 Å². The summed E-state index contributed by atoms with van der Waals surface area (Å²) in [4.78, 5) is 14.4. The molecule has 0 aliphatic rings. The molecule has 2 N–H and O–H groups in total. The van der Waals surface area contributed by atoms with Crippen molar-refractivity contribution in [2.75, 3.05) is 12.8 Å². The Balaban J connectivity index is 3.31. The molecule has 0 unspecified atom stereocenters. The maximum absolute atomic E-state index is 10.7. The lowest BCUT2D eigenvalue weighted by Gasteiger charge is -2.11. The summed E-state index contributed by atoms with van der Waals surface area (Å²) in [5.41, 5.74) is 7.77. The van der Waals surface area contributed by atoms with Crippen molar-refractivity contribution in [3.8, 4) is 0 Å². The number of non-ortho nitro benzene ring substituents is 1. The Bertz CT molecular complexity index is 439. The molecule has 0 saturated carbocycles. The summed E-state index contributed by atoms with van der Waals surface area (Å²) in [7, 11) is 1.66. The van der Waals surface area contributed by atoms with E-state index in [1.54, 1.807) is 13.1 Å². The summed E-state index contributed by atoms with van der Waals surface area (Å²) in [5, 5.41) is 10.7. The fourth-order valence-corrected chi connectivity index (χ4v) is 1.57. The van der Waals surface area contributed by atoms with Crippen LogP contribution in [-0.2, 0) is 0 Å². The van der Waals surface area contributed by atoms with Crippen LogP contribution >= 0.6 is 0 Å². The average molecular weight is 221 g/mol. The van der Waals surface area contributed by atoms with E-state index in [2.05, 4.69) is 4.99 Å². The van der Waals surface area contributed by atoms with E-state index in [-0.39, 0.29) is 11.6 Å². The van der Waals surface area contributed by atoms with Crippen molar-refractivity contribution in [3.63, 3.8) is 0 Å². The summed E-state index contributed by atoms with van der Waals surface area (Å²) >= 11 is 0. The van der Waals surface area contributed by atoms with E-state index >= 15 is 0 Å². The van der Waals surface area contributed by atoms with E-state index in [1.165, 1.54) is 12.1 Å². The van der Waals surface area contributed by atoms with Gasteiger partial charge in [0.1, 0.15) is 0 Å². The van der Waals surface area contributed by atoms with Crippen LogP contribution in [0, 0.1) is 16.0 Å². The van der Waals surface area contributed by atoms with Gasteiger partial charge in [-0.15, -0.1) is 0 Å². The molecule has 0 saturated heterocycles. The van der Waals surface area contributed by atoms with Gasteiger partial charge in [-0.1, -0.05) is 13.8 Å². The molecule has 1 rings (SSSR count). The molecule has 1 aromatic carbocycles. The van der Waals surface area contributed by atoms with Crippen LogP contribution in [0.1, 0.15) is 19.4 Å². The van der Waals surface area contributed by atoms with Gasteiger partial charge in [-0.2, -0.15) is 0 Å². The number of nitro benzene ring substituents is 1. The third-order valence-electron chi connectivity index (χ3n) is 2.31. The molecule has 0 spiro atoms. The topological polar surface area (TPSA) is 81.5 Å². The average Bonchev–Trinajstić information content (AvgIpc) is 2.20. The van der Waals surface area contributed by atoms with Crippen molar-refractivity contribution in [3.05, 3.63) is 33.9 Å². The Kier molecular flexibility index (Phi) is 3.60. The molecular weight excluding hydrogens is 206 g/mol. The predicted octanol–water partition coefficient (Wildman–Crippen LogP) is 2.25. The second-order valence-electron chi connectivity index (χ2n) is 3.79. The minimum Gasteiger partial charge on any atom is -0.398 e. The molecule has 5 heteroatoms. The van der Waals surface area contributed by atoms with Gasteiger partial charge in [0, 0.05) is 36.1 Å². The van der Waals surface area contributed by atoms with Gasteiger partial charge in [0.05, 0.1) is 4.92 Å². The van der Waals surface area contributed by atoms with Crippen LogP contribution in [0.3, 0.4) is 0 Å². The van der Waals surface area contributed by atoms with Gasteiger partial charge in [-0.25, -0.2) is 0 Å². The lowest BCUT2D eigenvalue weighted by atomic mass is 9.98. The van der Waals surface area contributed by atoms with E-state index in [0.29, 0.717) is 11.3 Å². The normalized spacial score (nSPS) is 11.9. The summed E-state index contributed by atoms with van der Waals surface area (Å²) in [5.74, 6) is 0.175. The highest BCUT2D eigenvalue weighted by Crippen LogP contribution is 2.22. The molecule has 0 heterocycles. The molecule has 0 aliphatic carbocycles. The highest BCUT2D eigenvalue weighted by Gasteiger charge is 2.15. The third kappa shape index (κ3) is 2.36. The lowest BCUT2D eigenvalue weighted by molar-refractivity contribution is -0.384. The molecule has 86 valence electrons. The number of aliphatic imine (C=N–C) groups is 1. The Hall–Kier alpha value is -1.91. The Labute approximate surface area is 94.1 Å². The van der Waals surface area contributed by atoms with Crippen LogP contribution in [0.5, 0.6) is 0 Å². The first-order valence-corrected chi connectivity index (χ1v) is 4.98. The Morgan fingerprint density at radius 2 is 2.12 bits per heavy atom. The van der Waals surface area contributed by atoms with E-state index in [4.69, 9.17) is 5.73 Å². The van der Waals surface area contributed by atoms with Crippen molar-refractivity contribution in [1.82, 2.24) is 0 Å². The molecule has 16 heavy (non-hydrogen) atoms. The first kappa shape index (κ1) is 12.2. The Morgan fingerprint density at radius 3 is 2.56 bits per heavy atom. The van der Waals surface area contributed by atoms with E-state index < -0.39 is 4.92 Å². The minimum absolute atomic E-state index is 0.0333. The zero-order valence-corrected chi connectivity index (χ0v) is 9.60. The number of anilines is 1. The highest BCUT2D eigenvalue weighted by atomic mass is 16.6. The maximum Gasteiger partial charge on any atom is 0.270 e. The van der Waals surface area contributed by atoms with Gasteiger partial charge in [0.15, 0.2) is 0 Å². The fraction of sp³-hybridized carbons (Fsp3) is 0.364. The molecule has 0 atom stereocenters. The zero-order valence-electron chi connectivity index (χ0n) is 9.60. The van der Waals surface area contributed by atoms with Crippen molar-refractivity contribution >= 4 is 17.1 Å². The first-order chi connectivity index (χ1) is 7.47. The van der Waals surface area contributed by atoms with Crippen LogP contribution in [0.25, 0.3) is 0 Å². The first-order valence-electron chi connectivity index (χ1n) is 4.98. The summed E-state index contributed by atoms with van der Waals surface area (Å²) in [6, 6.07) is 4.41. The summed E-state index contributed by atoms with van der Waals surface area (Å²) in [6.07, 6.45) is 0. The second-order valence-corrected chi connectivity index (χ2v) is 3.79. The number of nitrogens with two attached hydrogens (primary N) is 1. The number of nitrogen functional groups attached to an aromatic ring is 1. The highest BCUT2D eigenvalue weighted by molar-refractivity contribution is 6.06. The molecule has 0 aliphatic heterocycles. The molecule has 0 fully saturated rings. The Morgan fingerprint density at radius 1 is 1.50 bits per heavy atom. The summed E-state index contributed by atoms with van der Waals surface area (Å²) in [6.45, 7) is 3.95. The number of benzene rings is 1. The quantitative estimate of drug-likeness (QED) is 0.368. The largest absolute Gasteiger partial charge is 0.398 e. The van der Waals surface area contributed by atoms with Crippen LogP contribution in [0.4, 0.5) is 11.4 Å². The van der Waals surface area contributed by atoms with Crippen molar-refractivity contribution in [2.24, 2.45) is 10.9 Å². The van der Waals surface area contributed by atoms with E-state index in [9.17, 15) is 10.1 Å². The van der Waals surface area contributed by atoms with Crippen molar-refractivity contribution in [2.45, 2.75) is 13.8 Å². The van der Waals surface area contributed by atoms with Gasteiger partial charge in [0.2, 0.25) is 0 Å². The monoisotopic (exact) mass is 221 g/mol. The van der Waals surface area contributed by atoms with Gasteiger partial charge < -0.3 is 5.73 Å². The summed E-state index contributed by atoms with van der Waals surface area (Å²) < 4.78 is 0. The van der Waals surface area contributed by atoms with Crippen LogP contribution in [0.15, 0.2) is 23.2 Å². The smallest absolute Gasteiger partial charge is 0.270 e. The van der Waals surface area contributed by atoms with Crippen LogP contribution < -0.4 is 5.73 Å². The lowest BCUT2D eigenvalue weighted by Crippen LogP contribution is -2.12. The SMILES string of the molecule is CN=C(c1cc([N+](=O)[O-])ccc1N)C(C)C. The standard InChI is InChI=1S/C11H15N3O2/c1-7(2)11(13-3)9-6-8(14(15)16)4-5-10(9)12/h4-7H,12H2,1-3H3. The minimum atomic E-state index is -0.434. The third-order valence-corrected chi connectivity index (χ3v) is 2.31. The number of hydrogen-bond donors (Lipinski definition) is 1. The van der Waals surface area contributed by atoms with Crippen LogP contribution in [-0.4, -0.2) is 17.7 Å². The zero-order chi connectivity index (χ0) is 12.3. The molecule has 0 radical (unpaired) electrons. The van der Waals surface area contributed by atoms with Gasteiger partial charge in [-0.05, 0) is 12.0 Å². The second kappa shape index (κ2) is 4.74. The maximum atomic E-state index is 10.7. The van der Waals surface area contributed by atoms with Gasteiger partial charge >= 0.3 is 0 Å². The molecule has 0 bridgehead atoms. The number of hydrogen-bond acceptors (Lipinski definition) is 4. The number of rotatable bonds is 3. The van der Waals surface area contributed by atoms with Crippen LogP contribution in [0.2, 0.25) is 0 Å². The molecule has 1 aromatic rings. The molecule has 5 nitrogen and oxygen atoms in total. The van der Waals surface area contributed by atoms with Gasteiger partial charge in [0.25, 0.3) is 5.69 Å². The fourth-order valence-electron chi connectivity index (χ4n) is 1.57. The molecular formula is C11H15N3O2. The van der Waals surface area contributed by atoms with Crippen molar-refractivity contribution < 1.29 is 4.92 Å². The molecule has 0 amide bonds. The molecule has 0 aromatic heterocycles. The van der Waals surface area contributed by atoms with Crippen molar-refractivity contribution in [1.29, 1.82) is 0 Å². The predicted molar refractivity (Wildman–Crippen MR) is 64.8 cm³/mol. The van der Waals surface area contributed by atoms with E-state index in [0.717, 1.165) is 5.71 Å². The van der Waals surface area contributed by atoms with Gasteiger partial charge in [-0.3, -0.25) is 15.1 Å².